The summed E-state index contributed by atoms with van der Waals surface area (Å²) in [4.78, 5) is 39.8. The minimum Gasteiger partial charge on any atom is -0.481 e. The number of carbonyl (C=O) groups excluding carboxylic acids is 2. The lowest BCUT2D eigenvalue weighted by atomic mass is 9.90. The fourth-order valence-electron chi connectivity index (χ4n) is 3.43. The van der Waals surface area contributed by atoms with E-state index in [1.165, 1.54) is 4.90 Å². The van der Waals surface area contributed by atoms with Crippen LogP contribution in [0.3, 0.4) is 0 Å². The lowest BCUT2D eigenvalue weighted by molar-refractivity contribution is -0.147. The van der Waals surface area contributed by atoms with E-state index in [0.717, 1.165) is 11.3 Å². The van der Waals surface area contributed by atoms with Crippen LogP contribution in [0.1, 0.15) is 25.3 Å². The monoisotopic (exact) mass is 330 g/mol. The first-order valence-electron chi connectivity index (χ1n) is 8.22. The molecule has 0 saturated carbocycles. The van der Waals surface area contributed by atoms with E-state index in [9.17, 15) is 19.5 Å². The van der Waals surface area contributed by atoms with Gasteiger partial charge in [-0.1, -0.05) is 17.7 Å². The molecule has 1 aromatic carbocycles. The van der Waals surface area contributed by atoms with Gasteiger partial charge < -0.3 is 14.9 Å². The Labute approximate surface area is 141 Å². The Hall–Kier alpha value is -2.37. The molecule has 128 valence electrons. The molecule has 0 bridgehead atoms. The fourth-order valence-corrected chi connectivity index (χ4v) is 3.43. The number of aryl methyl sites for hydroxylation is 1. The minimum atomic E-state index is -0.909. The van der Waals surface area contributed by atoms with Gasteiger partial charge in [-0.25, -0.2) is 0 Å². The van der Waals surface area contributed by atoms with E-state index in [4.69, 9.17) is 0 Å². The van der Waals surface area contributed by atoms with E-state index < -0.39 is 17.3 Å². The van der Waals surface area contributed by atoms with Gasteiger partial charge in [0, 0.05) is 25.3 Å². The summed E-state index contributed by atoms with van der Waals surface area (Å²) < 4.78 is 0. The van der Waals surface area contributed by atoms with Gasteiger partial charge in [-0.15, -0.1) is 0 Å². The summed E-state index contributed by atoms with van der Waals surface area (Å²) >= 11 is 0. The summed E-state index contributed by atoms with van der Waals surface area (Å²) in [5.74, 6) is -2.01. The number of carbonyl (C=O) groups is 3. The summed E-state index contributed by atoms with van der Waals surface area (Å²) in [7, 11) is 0. The molecule has 1 N–H and O–H groups in total. The molecule has 0 unspecified atom stereocenters. The molecule has 2 aliphatic heterocycles. The lowest BCUT2D eigenvalue weighted by Crippen LogP contribution is -2.41. The Morgan fingerprint density at radius 3 is 2.46 bits per heavy atom. The van der Waals surface area contributed by atoms with Crippen molar-refractivity contribution >= 4 is 23.5 Å². The van der Waals surface area contributed by atoms with Crippen LogP contribution in [0.5, 0.6) is 0 Å². The predicted molar refractivity (Wildman–Crippen MR) is 88.6 cm³/mol. The van der Waals surface area contributed by atoms with Crippen molar-refractivity contribution < 1.29 is 19.5 Å². The number of anilines is 1. The van der Waals surface area contributed by atoms with Crippen LogP contribution in [0.25, 0.3) is 0 Å². The van der Waals surface area contributed by atoms with E-state index >= 15 is 0 Å². The van der Waals surface area contributed by atoms with Gasteiger partial charge in [0.05, 0.1) is 5.41 Å². The van der Waals surface area contributed by atoms with Crippen molar-refractivity contribution in [3.8, 4) is 0 Å². The molecule has 1 aromatic rings. The van der Waals surface area contributed by atoms with Crippen molar-refractivity contribution in [2.24, 2.45) is 11.3 Å². The molecule has 3 rings (SSSR count). The Morgan fingerprint density at radius 1 is 1.21 bits per heavy atom. The van der Waals surface area contributed by atoms with Crippen LogP contribution in [-0.2, 0) is 14.4 Å². The standard InChI is InChI=1S/C18H22N2O4/c1-12-3-5-13(6-4-12)20-9-7-14(16(20)22)15(21)19-10-8-18(2,11-19)17(23)24/h3-6,14H,7-11H2,1-2H3,(H,23,24)/t14-,18-/m0/s1. The number of aliphatic carboxylic acids is 1. The summed E-state index contributed by atoms with van der Waals surface area (Å²) in [5, 5.41) is 9.29. The molecule has 0 aromatic heterocycles. The quantitative estimate of drug-likeness (QED) is 0.855. The van der Waals surface area contributed by atoms with Crippen molar-refractivity contribution in [3.05, 3.63) is 29.8 Å². The van der Waals surface area contributed by atoms with E-state index in [-0.39, 0.29) is 18.4 Å². The number of nitrogens with zero attached hydrogens (tertiary/aromatic N) is 2. The lowest BCUT2D eigenvalue weighted by Gasteiger charge is -2.22. The van der Waals surface area contributed by atoms with Crippen LogP contribution in [-0.4, -0.2) is 47.4 Å². The van der Waals surface area contributed by atoms with Crippen molar-refractivity contribution in [1.29, 1.82) is 0 Å². The molecular formula is C18H22N2O4. The third kappa shape index (κ3) is 2.77. The van der Waals surface area contributed by atoms with Gasteiger partial charge >= 0.3 is 5.97 Å². The van der Waals surface area contributed by atoms with E-state index in [0.29, 0.717) is 25.9 Å². The summed E-state index contributed by atoms with van der Waals surface area (Å²) in [6.45, 7) is 4.72. The van der Waals surface area contributed by atoms with E-state index in [1.807, 2.05) is 31.2 Å². The van der Waals surface area contributed by atoms with Gasteiger partial charge in [0.2, 0.25) is 11.8 Å². The van der Waals surface area contributed by atoms with Gasteiger partial charge in [0.15, 0.2) is 0 Å². The summed E-state index contributed by atoms with van der Waals surface area (Å²) in [5.41, 5.74) is 1.01. The maximum Gasteiger partial charge on any atom is 0.311 e. The molecule has 2 atom stereocenters. The van der Waals surface area contributed by atoms with Crippen LogP contribution >= 0.6 is 0 Å². The highest BCUT2D eigenvalue weighted by Gasteiger charge is 2.46. The average molecular weight is 330 g/mol. The van der Waals surface area contributed by atoms with E-state index in [2.05, 4.69) is 0 Å². The van der Waals surface area contributed by atoms with Crippen LogP contribution < -0.4 is 4.90 Å². The number of likely N-dealkylation sites (tertiary alicyclic amines) is 1. The predicted octanol–water partition coefficient (Wildman–Crippen LogP) is 1.67. The first-order chi connectivity index (χ1) is 11.3. The third-order valence-electron chi connectivity index (χ3n) is 5.15. The molecule has 2 heterocycles. The molecule has 2 amide bonds. The molecule has 0 radical (unpaired) electrons. The van der Waals surface area contributed by atoms with Gasteiger partial charge in [-0.2, -0.15) is 0 Å². The minimum absolute atomic E-state index is 0.176. The van der Waals surface area contributed by atoms with Crippen molar-refractivity contribution in [1.82, 2.24) is 4.90 Å². The Kier molecular flexibility index (Phi) is 4.07. The Bertz CT molecular complexity index is 685. The second-order valence-electron chi connectivity index (χ2n) is 7.04. The maximum absolute atomic E-state index is 12.7. The number of rotatable bonds is 3. The average Bonchev–Trinajstić information content (AvgIpc) is 3.12. The zero-order chi connectivity index (χ0) is 17.5. The van der Waals surface area contributed by atoms with Crippen LogP contribution in [0.2, 0.25) is 0 Å². The van der Waals surface area contributed by atoms with Crippen LogP contribution in [0.15, 0.2) is 24.3 Å². The zero-order valence-corrected chi connectivity index (χ0v) is 14.0. The Morgan fingerprint density at radius 2 is 1.88 bits per heavy atom. The fraction of sp³-hybridized carbons (Fsp3) is 0.500. The molecule has 6 nitrogen and oxygen atoms in total. The number of carboxylic acids is 1. The SMILES string of the molecule is Cc1ccc(N2CC[C@@H](C(=O)N3CC[C@](C)(C(=O)O)C3)C2=O)cc1. The first-order valence-corrected chi connectivity index (χ1v) is 8.22. The smallest absolute Gasteiger partial charge is 0.311 e. The molecule has 6 heteroatoms. The number of carboxylic acid groups (broad SMARTS) is 1. The largest absolute Gasteiger partial charge is 0.481 e. The maximum atomic E-state index is 12.7. The number of amides is 2. The highest BCUT2D eigenvalue weighted by atomic mass is 16.4. The van der Waals surface area contributed by atoms with Crippen LogP contribution in [0, 0.1) is 18.3 Å². The normalized spacial score (nSPS) is 26.9. The molecule has 2 fully saturated rings. The summed E-state index contributed by atoms with van der Waals surface area (Å²) in [6.07, 6.45) is 0.905. The highest BCUT2D eigenvalue weighted by molar-refractivity contribution is 6.09. The van der Waals surface area contributed by atoms with Crippen molar-refractivity contribution in [3.63, 3.8) is 0 Å². The summed E-state index contributed by atoms with van der Waals surface area (Å²) in [6, 6.07) is 7.65. The molecule has 24 heavy (non-hydrogen) atoms. The molecule has 2 aliphatic rings. The van der Waals surface area contributed by atoms with Gasteiger partial charge in [-0.3, -0.25) is 14.4 Å². The third-order valence-corrected chi connectivity index (χ3v) is 5.15. The number of hydrogen-bond donors (Lipinski definition) is 1. The molecule has 2 saturated heterocycles. The highest BCUT2D eigenvalue weighted by Crippen LogP contribution is 2.33. The number of hydrogen-bond acceptors (Lipinski definition) is 3. The first kappa shape index (κ1) is 16.5. The molecule has 0 aliphatic carbocycles. The van der Waals surface area contributed by atoms with Gasteiger partial charge in [-0.05, 0) is 38.8 Å². The van der Waals surface area contributed by atoms with Crippen molar-refractivity contribution in [2.45, 2.75) is 26.7 Å². The van der Waals surface area contributed by atoms with Gasteiger partial charge in [0.25, 0.3) is 0 Å². The molecule has 0 spiro atoms. The zero-order valence-electron chi connectivity index (χ0n) is 14.0. The van der Waals surface area contributed by atoms with Crippen molar-refractivity contribution in [2.75, 3.05) is 24.5 Å². The topological polar surface area (TPSA) is 77.9 Å². The number of benzene rings is 1. The van der Waals surface area contributed by atoms with Crippen LogP contribution in [0.4, 0.5) is 5.69 Å². The van der Waals surface area contributed by atoms with E-state index in [1.54, 1.807) is 11.8 Å². The second-order valence-corrected chi connectivity index (χ2v) is 7.04. The molecular weight excluding hydrogens is 308 g/mol. The van der Waals surface area contributed by atoms with Gasteiger partial charge in [0.1, 0.15) is 5.92 Å². The second kappa shape index (κ2) is 5.92. The Balaban J connectivity index is 1.70.